The van der Waals surface area contributed by atoms with Crippen molar-refractivity contribution in [1.29, 1.82) is 0 Å². The summed E-state index contributed by atoms with van der Waals surface area (Å²) in [6.07, 6.45) is 1.75. The van der Waals surface area contributed by atoms with Gasteiger partial charge < -0.3 is 10.4 Å². The van der Waals surface area contributed by atoms with Gasteiger partial charge in [0.05, 0.1) is 23.2 Å². The molecule has 4 nitrogen and oxygen atoms in total. The zero-order chi connectivity index (χ0) is 13.1. The van der Waals surface area contributed by atoms with Crippen molar-refractivity contribution < 1.29 is 9.90 Å². The van der Waals surface area contributed by atoms with Gasteiger partial charge in [-0.15, -0.1) is 0 Å². The summed E-state index contributed by atoms with van der Waals surface area (Å²) < 4.78 is -0.359. The molecular formula is C12H19BrN2O2. The molecule has 1 rings (SSSR count). The molecule has 96 valence electrons. The van der Waals surface area contributed by atoms with Crippen molar-refractivity contribution in [3.05, 3.63) is 11.3 Å². The van der Waals surface area contributed by atoms with Crippen LogP contribution in [0.1, 0.15) is 33.6 Å². The predicted octanol–water partition coefficient (Wildman–Crippen LogP) is 1.78. The molecule has 1 heterocycles. The summed E-state index contributed by atoms with van der Waals surface area (Å²) in [4.78, 5) is 15.6. The number of alkyl halides is 1. The van der Waals surface area contributed by atoms with E-state index >= 15 is 0 Å². The van der Waals surface area contributed by atoms with Crippen LogP contribution in [0.25, 0.3) is 0 Å². The van der Waals surface area contributed by atoms with Crippen LogP contribution in [0.4, 0.5) is 0 Å². The SMILES string of the molecule is CCCC1=C(NC(C)=O)C(C)(Br)CN=C1CO. The summed E-state index contributed by atoms with van der Waals surface area (Å²) >= 11 is 3.59. The Kier molecular flexibility index (Phi) is 4.89. The van der Waals surface area contributed by atoms with E-state index in [4.69, 9.17) is 0 Å². The Labute approximate surface area is 110 Å². The first-order valence-corrected chi connectivity index (χ1v) is 6.56. The number of rotatable bonds is 4. The van der Waals surface area contributed by atoms with E-state index in [1.54, 1.807) is 0 Å². The van der Waals surface area contributed by atoms with Gasteiger partial charge in [-0.05, 0) is 18.9 Å². The molecule has 0 fully saturated rings. The molecule has 0 saturated heterocycles. The first-order valence-electron chi connectivity index (χ1n) is 5.77. The van der Waals surface area contributed by atoms with Crippen molar-refractivity contribution in [3.63, 3.8) is 0 Å². The standard InChI is InChI=1S/C12H19BrN2O2/c1-4-5-9-10(6-16)14-7-12(3,13)11(9)15-8(2)17/h16H,4-7H2,1-3H3,(H,15,17). The molecule has 0 radical (unpaired) electrons. The van der Waals surface area contributed by atoms with Gasteiger partial charge in [0.15, 0.2) is 0 Å². The molecule has 0 aromatic heterocycles. The molecule has 5 heteroatoms. The largest absolute Gasteiger partial charge is 0.390 e. The second kappa shape index (κ2) is 5.78. The molecular weight excluding hydrogens is 284 g/mol. The molecule has 0 aliphatic carbocycles. The molecule has 0 aromatic carbocycles. The Hall–Kier alpha value is -0.680. The van der Waals surface area contributed by atoms with Gasteiger partial charge in [-0.2, -0.15) is 0 Å². The third-order valence-corrected chi connectivity index (χ3v) is 3.34. The van der Waals surface area contributed by atoms with Crippen molar-refractivity contribution in [1.82, 2.24) is 5.32 Å². The van der Waals surface area contributed by atoms with Gasteiger partial charge in [0.25, 0.3) is 0 Å². The van der Waals surface area contributed by atoms with Gasteiger partial charge in [0.2, 0.25) is 5.91 Å². The van der Waals surface area contributed by atoms with Gasteiger partial charge in [-0.3, -0.25) is 9.79 Å². The number of halogens is 1. The maximum Gasteiger partial charge on any atom is 0.221 e. The number of hydrogen-bond donors (Lipinski definition) is 2. The van der Waals surface area contributed by atoms with Crippen LogP contribution in [0, 0.1) is 0 Å². The smallest absolute Gasteiger partial charge is 0.221 e. The van der Waals surface area contributed by atoms with Crippen LogP contribution >= 0.6 is 15.9 Å². The highest BCUT2D eigenvalue weighted by Crippen LogP contribution is 2.33. The number of hydrogen-bond acceptors (Lipinski definition) is 3. The van der Waals surface area contributed by atoms with E-state index in [0.29, 0.717) is 12.3 Å². The van der Waals surface area contributed by atoms with E-state index in [2.05, 4.69) is 33.2 Å². The third kappa shape index (κ3) is 3.39. The number of dihydropyridines is 1. The number of aliphatic hydroxyl groups is 1. The number of nitrogens with one attached hydrogen (secondary N) is 1. The average molecular weight is 303 g/mol. The highest BCUT2D eigenvalue weighted by molar-refractivity contribution is 9.10. The van der Waals surface area contributed by atoms with E-state index in [-0.39, 0.29) is 16.8 Å². The van der Waals surface area contributed by atoms with Crippen molar-refractivity contribution >= 4 is 27.5 Å². The highest BCUT2D eigenvalue weighted by Gasteiger charge is 2.33. The Morgan fingerprint density at radius 1 is 1.65 bits per heavy atom. The normalized spacial score (nSPS) is 24.6. The Bertz CT molecular complexity index is 373. The molecule has 1 aliphatic rings. The van der Waals surface area contributed by atoms with Crippen molar-refractivity contribution in [3.8, 4) is 0 Å². The lowest BCUT2D eigenvalue weighted by Crippen LogP contribution is -2.40. The molecule has 1 amide bonds. The summed E-state index contributed by atoms with van der Waals surface area (Å²) in [5.41, 5.74) is 2.48. The number of nitrogens with zero attached hydrogens (tertiary/aromatic N) is 1. The third-order valence-electron chi connectivity index (χ3n) is 2.69. The number of aliphatic hydroxyl groups excluding tert-OH is 1. The quantitative estimate of drug-likeness (QED) is 0.778. The summed E-state index contributed by atoms with van der Waals surface area (Å²) in [5, 5.41) is 12.2. The molecule has 0 saturated carbocycles. The van der Waals surface area contributed by atoms with E-state index in [0.717, 1.165) is 24.1 Å². The van der Waals surface area contributed by atoms with Gasteiger partial charge in [-0.25, -0.2) is 0 Å². The van der Waals surface area contributed by atoms with Crippen LogP contribution in [-0.2, 0) is 4.79 Å². The zero-order valence-corrected chi connectivity index (χ0v) is 12.1. The molecule has 1 aliphatic heterocycles. The summed E-state index contributed by atoms with van der Waals surface area (Å²) in [7, 11) is 0. The van der Waals surface area contributed by atoms with E-state index in [1.807, 2.05) is 6.92 Å². The fraction of sp³-hybridized carbons (Fsp3) is 0.667. The minimum Gasteiger partial charge on any atom is -0.390 e. The maximum absolute atomic E-state index is 11.3. The van der Waals surface area contributed by atoms with Crippen molar-refractivity contribution in [2.24, 2.45) is 4.99 Å². The molecule has 0 aromatic rings. The Morgan fingerprint density at radius 2 is 2.29 bits per heavy atom. The van der Waals surface area contributed by atoms with E-state index in [1.165, 1.54) is 6.92 Å². The predicted molar refractivity (Wildman–Crippen MR) is 72.5 cm³/mol. The summed E-state index contributed by atoms with van der Waals surface area (Å²) in [6.45, 7) is 5.97. The average Bonchev–Trinajstić information content (AvgIpc) is 2.23. The van der Waals surface area contributed by atoms with Gasteiger partial charge in [0, 0.05) is 12.6 Å². The van der Waals surface area contributed by atoms with Gasteiger partial charge >= 0.3 is 0 Å². The first kappa shape index (κ1) is 14.4. The van der Waals surface area contributed by atoms with Crippen LogP contribution in [0.15, 0.2) is 16.3 Å². The molecule has 0 spiro atoms. The molecule has 17 heavy (non-hydrogen) atoms. The van der Waals surface area contributed by atoms with Gasteiger partial charge in [0.1, 0.15) is 0 Å². The fourth-order valence-corrected chi connectivity index (χ4v) is 2.39. The molecule has 1 atom stereocenters. The topological polar surface area (TPSA) is 61.7 Å². The van der Waals surface area contributed by atoms with E-state index in [9.17, 15) is 9.90 Å². The Morgan fingerprint density at radius 3 is 2.76 bits per heavy atom. The van der Waals surface area contributed by atoms with Crippen LogP contribution in [0.5, 0.6) is 0 Å². The number of amides is 1. The molecule has 1 unspecified atom stereocenters. The lowest BCUT2D eigenvalue weighted by atomic mass is 9.92. The van der Waals surface area contributed by atoms with Crippen molar-refractivity contribution in [2.45, 2.75) is 37.9 Å². The van der Waals surface area contributed by atoms with Crippen LogP contribution in [0.3, 0.4) is 0 Å². The van der Waals surface area contributed by atoms with Crippen LogP contribution in [0.2, 0.25) is 0 Å². The van der Waals surface area contributed by atoms with Crippen molar-refractivity contribution in [2.75, 3.05) is 13.2 Å². The fourth-order valence-electron chi connectivity index (χ4n) is 1.92. The number of carbonyl (C=O) groups is 1. The maximum atomic E-state index is 11.3. The Balaban J connectivity index is 3.19. The number of aliphatic imine (C=N–C) groups is 1. The molecule has 0 bridgehead atoms. The molecule has 2 N–H and O–H groups in total. The minimum absolute atomic E-state index is 0.0818. The van der Waals surface area contributed by atoms with Crippen LogP contribution < -0.4 is 5.32 Å². The minimum atomic E-state index is -0.359. The second-order valence-corrected chi connectivity index (χ2v) is 6.15. The van der Waals surface area contributed by atoms with Crippen LogP contribution in [-0.4, -0.2) is 34.2 Å². The highest BCUT2D eigenvalue weighted by atomic mass is 79.9. The monoisotopic (exact) mass is 302 g/mol. The lowest BCUT2D eigenvalue weighted by Gasteiger charge is -2.32. The number of carbonyl (C=O) groups excluding carboxylic acids is 1. The zero-order valence-electron chi connectivity index (χ0n) is 10.5. The second-order valence-electron chi connectivity index (χ2n) is 4.40. The lowest BCUT2D eigenvalue weighted by molar-refractivity contribution is -0.118. The van der Waals surface area contributed by atoms with Gasteiger partial charge in [-0.1, -0.05) is 29.3 Å². The summed E-state index contributed by atoms with van der Waals surface area (Å²) in [6, 6.07) is 0. The van der Waals surface area contributed by atoms with E-state index < -0.39 is 0 Å². The summed E-state index contributed by atoms with van der Waals surface area (Å²) in [5.74, 6) is -0.0986. The first-order chi connectivity index (χ1) is 7.92.